The van der Waals surface area contributed by atoms with Crippen molar-refractivity contribution in [2.75, 3.05) is 6.54 Å². The first-order valence-electron chi connectivity index (χ1n) is 7.20. The van der Waals surface area contributed by atoms with Crippen molar-refractivity contribution >= 4 is 12.0 Å². The maximum Gasteiger partial charge on any atom is 0.329 e. The summed E-state index contributed by atoms with van der Waals surface area (Å²) in [7, 11) is 0. The number of carboxylic acids is 1. The molecule has 1 atom stereocenters. The van der Waals surface area contributed by atoms with Crippen molar-refractivity contribution in [3.8, 4) is 0 Å². The fourth-order valence-corrected chi connectivity index (χ4v) is 2.94. The van der Waals surface area contributed by atoms with Crippen molar-refractivity contribution in [3.63, 3.8) is 0 Å². The minimum absolute atomic E-state index is 0.206. The first-order valence-corrected chi connectivity index (χ1v) is 7.20. The average molecular weight is 295 g/mol. The van der Waals surface area contributed by atoms with Crippen molar-refractivity contribution in [2.24, 2.45) is 0 Å². The summed E-state index contributed by atoms with van der Waals surface area (Å²) >= 11 is 0. The minimum atomic E-state index is -1.07. The molecule has 0 bridgehead atoms. The third-order valence-electron chi connectivity index (χ3n) is 3.89. The highest BCUT2D eigenvalue weighted by molar-refractivity contribution is 5.87. The van der Waals surface area contributed by atoms with Crippen LogP contribution in [-0.2, 0) is 11.3 Å². The van der Waals surface area contributed by atoms with Crippen LogP contribution >= 0.6 is 0 Å². The Morgan fingerprint density at radius 1 is 1.57 bits per heavy atom. The smallest absolute Gasteiger partial charge is 0.329 e. The van der Waals surface area contributed by atoms with Crippen LogP contribution in [0.2, 0.25) is 0 Å². The van der Waals surface area contributed by atoms with E-state index in [1.165, 1.54) is 4.90 Å². The summed E-state index contributed by atoms with van der Waals surface area (Å²) in [5, 5.41) is 16.0. The summed E-state index contributed by atoms with van der Waals surface area (Å²) in [5.41, 5.74) is -0.331. The molecule has 21 heavy (non-hydrogen) atoms. The molecule has 1 aromatic heterocycles. The second-order valence-corrected chi connectivity index (χ2v) is 5.44. The first-order chi connectivity index (χ1) is 9.99. The highest BCUT2D eigenvalue weighted by Gasteiger charge is 2.49. The van der Waals surface area contributed by atoms with Crippen LogP contribution in [0.15, 0.2) is 10.6 Å². The lowest BCUT2D eigenvalue weighted by molar-refractivity contribution is -0.148. The van der Waals surface area contributed by atoms with Crippen LogP contribution in [0, 0.1) is 6.92 Å². The third kappa shape index (κ3) is 3.01. The summed E-state index contributed by atoms with van der Waals surface area (Å²) < 4.78 is 5.02. The van der Waals surface area contributed by atoms with Crippen LogP contribution in [0.5, 0.6) is 0 Å². The Hall–Kier alpha value is -2.05. The van der Waals surface area contributed by atoms with E-state index < -0.39 is 11.5 Å². The fourth-order valence-electron chi connectivity index (χ4n) is 2.94. The Balaban J connectivity index is 2.04. The highest BCUT2D eigenvalue weighted by atomic mass is 16.5. The summed E-state index contributed by atoms with van der Waals surface area (Å²) in [6, 6.07) is 1.37. The lowest BCUT2D eigenvalue weighted by Gasteiger charge is -2.34. The van der Waals surface area contributed by atoms with E-state index in [1.54, 1.807) is 13.0 Å². The summed E-state index contributed by atoms with van der Waals surface area (Å²) in [6.07, 6.45) is 2.40. The van der Waals surface area contributed by atoms with Gasteiger partial charge < -0.3 is 19.8 Å². The third-order valence-corrected chi connectivity index (χ3v) is 3.89. The van der Waals surface area contributed by atoms with Crippen LogP contribution in [-0.4, -0.2) is 39.2 Å². The number of rotatable bonds is 5. The molecule has 1 unspecified atom stereocenters. The largest absolute Gasteiger partial charge is 0.479 e. The number of nitrogens with one attached hydrogen (secondary N) is 1. The number of urea groups is 1. The number of nitrogens with zero attached hydrogens (tertiary/aromatic N) is 2. The quantitative estimate of drug-likeness (QED) is 0.865. The number of likely N-dealkylation sites (tertiary alicyclic amines) is 1. The molecule has 7 nitrogen and oxygen atoms in total. The zero-order chi connectivity index (χ0) is 15.5. The Labute approximate surface area is 123 Å². The molecule has 7 heteroatoms. The monoisotopic (exact) mass is 295 g/mol. The van der Waals surface area contributed by atoms with E-state index in [4.69, 9.17) is 4.52 Å². The molecule has 0 aromatic carbocycles. The van der Waals surface area contributed by atoms with E-state index in [-0.39, 0.29) is 12.6 Å². The van der Waals surface area contributed by atoms with Gasteiger partial charge in [-0.3, -0.25) is 0 Å². The number of amides is 2. The Bertz CT molecular complexity index is 528. The number of carbonyl (C=O) groups is 2. The van der Waals surface area contributed by atoms with Gasteiger partial charge in [0.25, 0.3) is 0 Å². The Morgan fingerprint density at radius 3 is 2.90 bits per heavy atom. The molecular formula is C14H21N3O4. The molecule has 0 aliphatic carbocycles. The van der Waals surface area contributed by atoms with Gasteiger partial charge >= 0.3 is 12.0 Å². The van der Waals surface area contributed by atoms with Crippen molar-refractivity contribution in [1.29, 1.82) is 0 Å². The standard InChI is InChI=1S/C14H21N3O4/c1-3-5-14(12(18)19)6-4-7-17(14)13(20)15-9-11-8-10(2)16-21-11/h8H,3-7,9H2,1-2H3,(H,15,20)(H,18,19). The molecule has 2 N–H and O–H groups in total. The molecule has 1 aliphatic heterocycles. The normalized spacial score (nSPS) is 21.5. The molecule has 2 heterocycles. The maximum absolute atomic E-state index is 12.3. The van der Waals surface area contributed by atoms with Gasteiger partial charge in [0.1, 0.15) is 5.54 Å². The second-order valence-electron chi connectivity index (χ2n) is 5.44. The predicted molar refractivity (Wildman–Crippen MR) is 74.7 cm³/mol. The number of carbonyl (C=O) groups excluding carboxylic acids is 1. The molecule has 0 saturated carbocycles. The minimum Gasteiger partial charge on any atom is -0.479 e. The van der Waals surface area contributed by atoms with Crippen molar-refractivity contribution in [2.45, 2.75) is 51.6 Å². The van der Waals surface area contributed by atoms with Gasteiger partial charge in [-0.2, -0.15) is 0 Å². The number of aryl methyl sites for hydroxylation is 1. The van der Waals surface area contributed by atoms with E-state index in [1.807, 2.05) is 6.92 Å². The second kappa shape index (κ2) is 6.15. The Kier molecular flexibility index (Phi) is 4.50. The number of carboxylic acid groups (broad SMARTS) is 1. The molecule has 0 spiro atoms. The molecule has 2 amide bonds. The van der Waals surface area contributed by atoms with Crippen molar-refractivity contribution < 1.29 is 19.2 Å². The zero-order valence-electron chi connectivity index (χ0n) is 12.4. The number of hydrogen-bond donors (Lipinski definition) is 2. The van der Waals surface area contributed by atoms with Crippen LogP contribution in [0.4, 0.5) is 4.79 Å². The van der Waals surface area contributed by atoms with Crippen LogP contribution < -0.4 is 5.32 Å². The van der Waals surface area contributed by atoms with Crippen molar-refractivity contribution in [3.05, 3.63) is 17.5 Å². The summed E-state index contributed by atoms with van der Waals surface area (Å²) in [5.74, 6) is -0.371. The predicted octanol–water partition coefficient (Wildman–Crippen LogP) is 1.91. The maximum atomic E-state index is 12.3. The molecule has 116 valence electrons. The van der Waals surface area contributed by atoms with Crippen molar-refractivity contribution in [1.82, 2.24) is 15.4 Å². The molecule has 2 rings (SSSR count). The van der Waals surface area contributed by atoms with Gasteiger partial charge in [0.2, 0.25) is 0 Å². The van der Waals surface area contributed by atoms with Gasteiger partial charge in [-0.15, -0.1) is 0 Å². The molecule has 1 saturated heterocycles. The summed E-state index contributed by atoms with van der Waals surface area (Å²) in [6.45, 7) is 4.40. The van der Waals surface area contributed by atoms with Gasteiger partial charge in [-0.25, -0.2) is 9.59 Å². The van der Waals surface area contributed by atoms with Gasteiger partial charge in [0, 0.05) is 12.6 Å². The average Bonchev–Trinajstić information content (AvgIpc) is 3.04. The number of aliphatic carboxylic acids is 1. The SMILES string of the molecule is CCCC1(C(=O)O)CCCN1C(=O)NCc1cc(C)no1. The molecule has 1 aromatic rings. The van der Waals surface area contributed by atoms with E-state index in [2.05, 4.69) is 10.5 Å². The molecule has 1 fully saturated rings. The molecular weight excluding hydrogens is 274 g/mol. The fraction of sp³-hybridized carbons (Fsp3) is 0.643. The number of aromatic nitrogens is 1. The summed E-state index contributed by atoms with van der Waals surface area (Å²) in [4.78, 5) is 25.4. The van der Waals surface area contributed by atoms with Gasteiger partial charge in [0.05, 0.1) is 12.2 Å². The van der Waals surface area contributed by atoms with E-state index in [0.717, 1.165) is 12.1 Å². The van der Waals surface area contributed by atoms with Gasteiger partial charge in [-0.05, 0) is 26.2 Å². The highest BCUT2D eigenvalue weighted by Crippen LogP contribution is 2.34. The topological polar surface area (TPSA) is 95.7 Å². The first kappa shape index (κ1) is 15.3. The zero-order valence-corrected chi connectivity index (χ0v) is 12.4. The number of hydrogen-bond acceptors (Lipinski definition) is 4. The van der Waals surface area contributed by atoms with E-state index >= 15 is 0 Å². The lowest BCUT2D eigenvalue weighted by atomic mass is 9.91. The van der Waals surface area contributed by atoms with E-state index in [9.17, 15) is 14.7 Å². The van der Waals surface area contributed by atoms with E-state index in [0.29, 0.717) is 31.6 Å². The van der Waals surface area contributed by atoms with Gasteiger partial charge in [0.15, 0.2) is 5.76 Å². The molecule has 0 radical (unpaired) electrons. The van der Waals surface area contributed by atoms with Crippen LogP contribution in [0.25, 0.3) is 0 Å². The van der Waals surface area contributed by atoms with Crippen LogP contribution in [0.3, 0.4) is 0 Å². The molecule has 1 aliphatic rings. The van der Waals surface area contributed by atoms with Crippen LogP contribution in [0.1, 0.15) is 44.1 Å². The lowest BCUT2D eigenvalue weighted by Crippen LogP contribution is -2.55. The van der Waals surface area contributed by atoms with Gasteiger partial charge in [-0.1, -0.05) is 18.5 Å². The Morgan fingerprint density at radius 2 is 2.33 bits per heavy atom.